The molecular weight excluding hydrogens is 569 g/mol. The van der Waals surface area contributed by atoms with E-state index >= 15 is 0 Å². The van der Waals surface area contributed by atoms with Crippen molar-refractivity contribution in [2.45, 2.75) is 32.9 Å². The van der Waals surface area contributed by atoms with Gasteiger partial charge in [-0.05, 0) is 47.4 Å². The van der Waals surface area contributed by atoms with Crippen LogP contribution in [-0.2, 0) is 32.6 Å². The molecule has 0 fully saturated rings. The first-order valence-corrected chi connectivity index (χ1v) is 15.3. The van der Waals surface area contributed by atoms with Crippen molar-refractivity contribution in [3.05, 3.63) is 94.8 Å². The Morgan fingerprint density at radius 3 is 2.29 bits per heavy atom. The Morgan fingerprint density at radius 2 is 1.68 bits per heavy atom. The number of nitrogens with zero attached hydrogens (tertiary/aromatic N) is 2. The molecule has 0 aliphatic carbocycles. The highest BCUT2D eigenvalue weighted by molar-refractivity contribution is 7.92. The van der Waals surface area contributed by atoms with E-state index in [0.29, 0.717) is 17.9 Å². The Balaban J connectivity index is 2.07. The molecule has 0 aromatic heterocycles. The summed E-state index contributed by atoms with van der Waals surface area (Å²) >= 11 is 5.93. The number of rotatable bonds is 13. The zero-order valence-corrected chi connectivity index (χ0v) is 25.1. The summed E-state index contributed by atoms with van der Waals surface area (Å²) in [7, 11) is -2.48. The molecule has 0 heterocycles. The van der Waals surface area contributed by atoms with Crippen LogP contribution in [0.5, 0.6) is 5.75 Å². The third-order valence-electron chi connectivity index (χ3n) is 6.31. The molecule has 220 valence electrons. The molecule has 3 rings (SSSR count). The van der Waals surface area contributed by atoms with Crippen LogP contribution in [0.4, 0.5) is 10.1 Å². The number of sulfonamides is 1. The zero-order valence-electron chi connectivity index (χ0n) is 23.5. The van der Waals surface area contributed by atoms with Crippen LogP contribution in [0.3, 0.4) is 0 Å². The number of halogens is 2. The Bertz CT molecular complexity index is 1450. The van der Waals surface area contributed by atoms with Crippen molar-refractivity contribution in [2.75, 3.05) is 30.8 Å². The van der Waals surface area contributed by atoms with Gasteiger partial charge < -0.3 is 15.0 Å². The molecule has 0 radical (unpaired) electrons. The van der Waals surface area contributed by atoms with Crippen molar-refractivity contribution in [3.8, 4) is 5.75 Å². The fourth-order valence-electron chi connectivity index (χ4n) is 4.20. The maximum atomic E-state index is 14.1. The smallest absolute Gasteiger partial charge is 0.244 e. The van der Waals surface area contributed by atoms with E-state index in [1.807, 2.05) is 44.2 Å². The van der Waals surface area contributed by atoms with E-state index in [4.69, 9.17) is 16.3 Å². The van der Waals surface area contributed by atoms with E-state index in [9.17, 15) is 22.4 Å². The molecule has 0 bridgehead atoms. The minimum absolute atomic E-state index is 0.00437. The standard InChI is InChI=1S/C30H35ClFN3O5S/c1-21(2)18-33-30(37)28(16-22-9-6-5-7-10-22)34(19-23-11-8-12-25(15-23)40-3)29(36)20-35(41(4,38)39)24-13-14-27(32)26(31)17-24/h5-15,17,21,28H,16,18-20H2,1-4H3,(H,33,37). The highest BCUT2D eigenvalue weighted by atomic mass is 35.5. The third-order valence-corrected chi connectivity index (χ3v) is 7.74. The lowest BCUT2D eigenvalue weighted by Crippen LogP contribution is -2.53. The molecule has 2 amide bonds. The van der Waals surface area contributed by atoms with Crippen molar-refractivity contribution >= 4 is 39.1 Å². The van der Waals surface area contributed by atoms with Gasteiger partial charge in [0.05, 0.1) is 24.1 Å². The second-order valence-electron chi connectivity index (χ2n) is 10.1. The predicted octanol–water partition coefficient (Wildman–Crippen LogP) is 4.67. The topological polar surface area (TPSA) is 96.0 Å². The average Bonchev–Trinajstić information content (AvgIpc) is 2.93. The van der Waals surface area contributed by atoms with Crippen molar-refractivity contribution < 1.29 is 27.1 Å². The number of nitrogens with one attached hydrogen (secondary N) is 1. The Labute approximate surface area is 246 Å². The SMILES string of the molecule is COc1cccc(CN(C(=O)CN(c2ccc(F)c(Cl)c2)S(C)(=O)=O)C(Cc2ccccc2)C(=O)NCC(C)C)c1. The Hall–Kier alpha value is -3.63. The molecule has 8 nitrogen and oxygen atoms in total. The third kappa shape index (κ3) is 9.19. The van der Waals surface area contributed by atoms with E-state index in [2.05, 4.69) is 5.32 Å². The van der Waals surface area contributed by atoms with Gasteiger partial charge in [0.15, 0.2) is 0 Å². The van der Waals surface area contributed by atoms with Crippen LogP contribution in [-0.4, -0.2) is 57.6 Å². The van der Waals surface area contributed by atoms with E-state index in [-0.39, 0.29) is 35.5 Å². The van der Waals surface area contributed by atoms with E-state index in [0.717, 1.165) is 28.3 Å². The summed E-state index contributed by atoms with van der Waals surface area (Å²) in [5.41, 5.74) is 1.53. The summed E-state index contributed by atoms with van der Waals surface area (Å²) in [5, 5.41) is 2.64. The highest BCUT2D eigenvalue weighted by Gasteiger charge is 2.33. The second-order valence-corrected chi connectivity index (χ2v) is 12.4. The first-order chi connectivity index (χ1) is 19.4. The van der Waals surface area contributed by atoms with Gasteiger partial charge in [-0.2, -0.15) is 0 Å². The molecule has 1 unspecified atom stereocenters. The molecular formula is C30H35ClFN3O5S. The summed E-state index contributed by atoms with van der Waals surface area (Å²) in [4.78, 5) is 29.1. The van der Waals surface area contributed by atoms with Crippen molar-refractivity contribution in [1.29, 1.82) is 0 Å². The molecule has 1 N–H and O–H groups in total. The van der Waals surface area contributed by atoms with Crippen molar-refractivity contribution in [1.82, 2.24) is 10.2 Å². The molecule has 3 aromatic carbocycles. The summed E-state index contributed by atoms with van der Waals surface area (Å²) in [6.07, 6.45) is 1.14. The van der Waals surface area contributed by atoms with E-state index in [1.54, 1.807) is 24.3 Å². The van der Waals surface area contributed by atoms with Crippen LogP contribution in [0.1, 0.15) is 25.0 Å². The van der Waals surface area contributed by atoms with Crippen molar-refractivity contribution in [3.63, 3.8) is 0 Å². The van der Waals surface area contributed by atoms with Crippen LogP contribution in [0.2, 0.25) is 5.02 Å². The predicted molar refractivity (Wildman–Crippen MR) is 159 cm³/mol. The number of ether oxygens (including phenoxy) is 1. The van der Waals surface area contributed by atoms with Gasteiger partial charge >= 0.3 is 0 Å². The Morgan fingerprint density at radius 1 is 1.00 bits per heavy atom. The van der Waals surface area contributed by atoms with Gasteiger partial charge in [-0.1, -0.05) is 67.9 Å². The highest BCUT2D eigenvalue weighted by Crippen LogP contribution is 2.25. The fraction of sp³-hybridized carbons (Fsp3) is 0.333. The maximum Gasteiger partial charge on any atom is 0.244 e. The summed E-state index contributed by atoms with van der Waals surface area (Å²) in [6.45, 7) is 3.69. The van der Waals surface area contributed by atoms with E-state index in [1.165, 1.54) is 18.1 Å². The molecule has 3 aromatic rings. The largest absolute Gasteiger partial charge is 0.497 e. The van der Waals surface area contributed by atoms with Gasteiger partial charge in [0.1, 0.15) is 24.2 Å². The molecule has 11 heteroatoms. The van der Waals surface area contributed by atoms with Gasteiger partial charge in [0.2, 0.25) is 21.8 Å². The lowest BCUT2D eigenvalue weighted by Gasteiger charge is -2.33. The number of hydrogen-bond donors (Lipinski definition) is 1. The quantitative estimate of drug-likeness (QED) is 0.306. The van der Waals surface area contributed by atoms with Crippen LogP contribution in [0.25, 0.3) is 0 Å². The molecule has 0 spiro atoms. The minimum Gasteiger partial charge on any atom is -0.497 e. The molecule has 0 aliphatic rings. The van der Waals surface area contributed by atoms with Crippen LogP contribution in [0, 0.1) is 11.7 Å². The van der Waals surface area contributed by atoms with Gasteiger partial charge in [-0.15, -0.1) is 0 Å². The molecule has 1 atom stereocenters. The van der Waals surface area contributed by atoms with Crippen LogP contribution >= 0.6 is 11.6 Å². The molecule has 0 aliphatic heterocycles. The van der Waals surface area contributed by atoms with Crippen LogP contribution in [0.15, 0.2) is 72.8 Å². The van der Waals surface area contributed by atoms with Gasteiger partial charge in [0.25, 0.3) is 0 Å². The fourth-order valence-corrected chi connectivity index (χ4v) is 5.21. The summed E-state index contributed by atoms with van der Waals surface area (Å²) in [6, 6.07) is 18.8. The number of methoxy groups -OCH3 is 1. The number of carbonyl (C=O) groups excluding carboxylic acids is 2. The monoisotopic (exact) mass is 603 g/mol. The minimum atomic E-state index is -4.00. The van der Waals surface area contributed by atoms with Crippen molar-refractivity contribution in [2.24, 2.45) is 5.92 Å². The summed E-state index contributed by atoms with van der Waals surface area (Å²) in [5.74, 6) is -0.978. The Kier molecular flexibility index (Phi) is 11.1. The lowest BCUT2D eigenvalue weighted by atomic mass is 10.0. The molecule has 0 saturated heterocycles. The number of hydrogen-bond acceptors (Lipinski definition) is 5. The maximum absolute atomic E-state index is 14.1. The van der Waals surface area contributed by atoms with Gasteiger partial charge in [-0.25, -0.2) is 12.8 Å². The van der Waals surface area contributed by atoms with E-state index < -0.39 is 34.3 Å². The number of carbonyl (C=O) groups is 2. The zero-order chi connectivity index (χ0) is 30.2. The normalized spacial score (nSPS) is 12.1. The molecule has 0 saturated carbocycles. The van der Waals surface area contributed by atoms with Gasteiger partial charge in [-0.3, -0.25) is 13.9 Å². The first kappa shape index (κ1) is 31.9. The lowest BCUT2D eigenvalue weighted by molar-refractivity contribution is -0.140. The van der Waals surface area contributed by atoms with Crippen LogP contribution < -0.4 is 14.4 Å². The summed E-state index contributed by atoms with van der Waals surface area (Å²) < 4.78 is 45.7. The van der Waals surface area contributed by atoms with Gasteiger partial charge in [0, 0.05) is 19.5 Å². The number of anilines is 1. The second kappa shape index (κ2) is 14.3. The average molecular weight is 604 g/mol. The number of amides is 2. The molecule has 41 heavy (non-hydrogen) atoms. The number of benzene rings is 3. The first-order valence-electron chi connectivity index (χ1n) is 13.1.